The zero-order chi connectivity index (χ0) is 36.5. The van der Waals surface area contributed by atoms with Crippen LogP contribution < -0.4 is 9.62 Å². The molecule has 1 aliphatic heterocycles. The van der Waals surface area contributed by atoms with E-state index >= 15 is 4.39 Å². The van der Waals surface area contributed by atoms with E-state index in [1.54, 1.807) is 44.7 Å². The van der Waals surface area contributed by atoms with Gasteiger partial charge in [-0.3, -0.25) is 13.9 Å². The molecule has 0 aliphatic carbocycles. The van der Waals surface area contributed by atoms with Gasteiger partial charge in [0.25, 0.3) is 0 Å². The van der Waals surface area contributed by atoms with Gasteiger partial charge in [-0.15, -0.1) is 0 Å². The Morgan fingerprint density at radius 3 is 2.40 bits per heavy atom. The number of Topliss-reactive ketones (excluding diaryl/α,β-unsaturated/α-hetero) is 1. The van der Waals surface area contributed by atoms with Crippen LogP contribution in [0.3, 0.4) is 0 Å². The number of benzene rings is 3. The number of ether oxygens (including phenoxy) is 1. The predicted octanol–water partition coefficient (Wildman–Crippen LogP) is 7.51. The molecule has 0 bridgehead atoms. The molecule has 3 aromatic carbocycles. The van der Waals surface area contributed by atoms with E-state index in [9.17, 15) is 22.8 Å². The lowest BCUT2D eigenvalue weighted by atomic mass is 9.87. The number of ketones is 1. The number of amides is 2. The maximum Gasteiger partial charge on any atom is 0.408 e. The van der Waals surface area contributed by atoms with Gasteiger partial charge in [-0.2, -0.15) is 0 Å². The fourth-order valence-electron chi connectivity index (χ4n) is 6.31. The van der Waals surface area contributed by atoms with Gasteiger partial charge in [0.05, 0.1) is 17.5 Å². The highest BCUT2D eigenvalue weighted by molar-refractivity contribution is 7.92. The second-order valence-electron chi connectivity index (χ2n) is 13.8. The second kappa shape index (κ2) is 14.3. The third-order valence-electron chi connectivity index (χ3n) is 8.88. The van der Waals surface area contributed by atoms with Crippen molar-refractivity contribution < 1.29 is 36.3 Å². The molecule has 0 unspecified atom stereocenters. The number of hydrogen-bond acceptors (Lipinski definition) is 7. The Hall–Kier alpha value is -4.71. The van der Waals surface area contributed by atoms with E-state index in [1.807, 2.05) is 37.3 Å². The summed E-state index contributed by atoms with van der Waals surface area (Å²) in [4.78, 5) is 42.1. The third kappa shape index (κ3) is 7.85. The summed E-state index contributed by atoms with van der Waals surface area (Å²) in [5.41, 5.74) is 2.64. The number of piperidine rings is 1. The van der Waals surface area contributed by atoms with Crippen molar-refractivity contribution in [3.8, 4) is 11.3 Å². The van der Waals surface area contributed by atoms with Crippen LogP contribution in [-0.4, -0.2) is 63.1 Å². The third-order valence-corrected chi connectivity index (χ3v) is 10.1. The Morgan fingerprint density at radius 2 is 1.78 bits per heavy atom. The molecule has 1 aliphatic rings. The molecule has 10 nitrogen and oxygen atoms in total. The zero-order valence-electron chi connectivity index (χ0n) is 29.5. The number of furan rings is 1. The molecule has 12 heteroatoms. The molecular formula is C38H44FN3O7S. The maximum atomic E-state index is 15.1. The molecule has 2 heterocycles. The number of halogens is 1. The minimum atomic E-state index is -3.74. The monoisotopic (exact) mass is 705 g/mol. The Kier molecular flexibility index (Phi) is 10.4. The Morgan fingerprint density at radius 1 is 1.10 bits per heavy atom. The van der Waals surface area contributed by atoms with Crippen LogP contribution in [-0.2, 0) is 19.6 Å². The van der Waals surface area contributed by atoms with Crippen LogP contribution >= 0.6 is 0 Å². The number of carbonyl (C=O) groups excluding carboxylic acids is 3. The molecule has 2 atom stereocenters. The number of likely N-dealkylation sites (tertiary alicyclic amines) is 1. The number of nitrogens with zero attached hydrogens (tertiary/aromatic N) is 2. The summed E-state index contributed by atoms with van der Waals surface area (Å²) in [6.07, 6.45) is 1.61. The Labute approximate surface area is 292 Å². The molecule has 1 fully saturated rings. The van der Waals surface area contributed by atoms with Crippen LogP contribution in [0.25, 0.3) is 22.3 Å². The normalized spacial score (nSPS) is 15.8. The van der Waals surface area contributed by atoms with Crippen molar-refractivity contribution in [2.75, 3.05) is 30.7 Å². The van der Waals surface area contributed by atoms with E-state index < -0.39 is 39.5 Å². The molecular weight excluding hydrogens is 661 g/mol. The molecule has 1 aromatic heterocycles. The highest BCUT2D eigenvalue weighted by Crippen LogP contribution is 2.42. The minimum absolute atomic E-state index is 0.00541. The summed E-state index contributed by atoms with van der Waals surface area (Å²) in [5, 5.41) is 3.12. The van der Waals surface area contributed by atoms with Gasteiger partial charge in [-0.05, 0) is 58.2 Å². The average molecular weight is 706 g/mol. The number of sulfonamides is 1. The fraction of sp³-hybridized carbons (Fsp3) is 0.395. The van der Waals surface area contributed by atoms with Gasteiger partial charge in [0, 0.05) is 55.1 Å². The lowest BCUT2D eigenvalue weighted by Gasteiger charge is -2.37. The van der Waals surface area contributed by atoms with Crippen LogP contribution in [0.2, 0.25) is 0 Å². The highest BCUT2D eigenvalue weighted by Gasteiger charge is 2.36. The van der Waals surface area contributed by atoms with E-state index in [1.165, 1.54) is 29.6 Å². The van der Waals surface area contributed by atoms with Gasteiger partial charge in [-0.1, -0.05) is 55.0 Å². The minimum Gasteiger partial charge on any atom is -0.455 e. The van der Waals surface area contributed by atoms with Gasteiger partial charge in [0.15, 0.2) is 5.78 Å². The van der Waals surface area contributed by atoms with Crippen molar-refractivity contribution in [2.45, 2.75) is 71.4 Å². The second-order valence-corrected chi connectivity index (χ2v) is 15.8. The largest absolute Gasteiger partial charge is 0.455 e. The summed E-state index contributed by atoms with van der Waals surface area (Å²) in [7, 11) is -2.29. The van der Waals surface area contributed by atoms with E-state index in [2.05, 4.69) is 5.32 Å². The number of nitrogens with one attached hydrogen (secondary N) is 1. The van der Waals surface area contributed by atoms with E-state index in [0.717, 1.165) is 11.8 Å². The van der Waals surface area contributed by atoms with Crippen molar-refractivity contribution in [3.05, 3.63) is 88.7 Å². The van der Waals surface area contributed by atoms with Crippen LogP contribution in [0.5, 0.6) is 0 Å². The van der Waals surface area contributed by atoms with E-state index in [-0.39, 0.29) is 30.2 Å². The summed E-state index contributed by atoms with van der Waals surface area (Å²) in [5.74, 6) is -1.29. The standard InChI is InChI=1S/C38H44FN3O7S/c1-8-31(43)33-28-20-27(30(41(6)50(7,46)47)21-32(28)48-35(33)24-17-15-23(2)16-18-24)25-12-11-19-42(22-25)36(44)34(26-13-9-10-14-29(26)39)40-37(45)49-38(3,4)5/h9-10,13-18,20-21,25,34H,8,11-12,19,22H2,1-7H3,(H,40,45)/t25-,34-/m1/s1. The van der Waals surface area contributed by atoms with E-state index in [4.69, 9.17) is 9.15 Å². The molecule has 0 spiro atoms. The average Bonchev–Trinajstić information content (AvgIpc) is 3.43. The fourth-order valence-corrected chi connectivity index (χ4v) is 6.83. The van der Waals surface area contributed by atoms with Crippen molar-refractivity contribution in [1.29, 1.82) is 0 Å². The summed E-state index contributed by atoms with van der Waals surface area (Å²) in [6.45, 7) is 9.28. The summed E-state index contributed by atoms with van der Waals surface area (Å²) in [6, 6.07) is 15.4. The lowest BCUT2D eigenvalue weighted by Crippen LogP contribution is -2.47. The molecule has 50 heavy (non-hydrogen) atoms. The number of rotatable bonds is 9. The quantitative estimate of drug-likeness (QED) is 0.179. The van der Waals surface area contributed by atoms with Gasteiger partial charge in [-0.25, -0.2) is 17.6 Å². The predicted molar refractivity (Wildman–Crippen MR) is 191 cm³/mol. The Balaban J connectivity index is 1.60. The first kappa shape index (κ1) is 36.6. The summed E-state index contributed by atoms with van der Waals surface area (Å²) < 4.78 is 53.9. The first-order valence-electron chi connectivity index (χ1n) is 16.7. The number of anilines is 1. The van der Waals surface area contributed by atoms with Gasteiger partial charge >= 0.3 is 6.09 Å². The Bertz CT molecular complexity index is 2030. The highest BCUT2D eigenvalue weighted by atomic mass is 32.2. The topological polar surface area (TPSA) is 126 Å². The molecule has 1 N–H and O–H groups in total. The van der Waals surface area contributed by atoms with E-state index in [0.29, 0.717) is 58.5 Å². The first-order valence-corrected chi connectivity index (χ1v) is 18.5. The van der Waals surface area contributed by atoms with Crippen molar-refractivity contribution in [1.82, 2.24) is 10.2 Å². The zero-order valence-corrected chi connectivity index (χ0v) is 30.3. The molecule has 2 amide bonds. The lowest BCUT2D eigenvalue weighted by molar-refractivity contribution is -0.135. The number of alkyl carbamates (subject to hydrolysis) is 1. The molecule has 5 rings (SSSR count). The smallest absolute Gasteiger partial charge is 0.408 e. The summed E-state index contributed by atoms with van der Waals surface area (Å²) >= 11 is 0. The number of aryl methyl sites for hydroxylation is 1. The van der Waals surface area contributed by atoms with Crippen molar-refractivity contribution in [3.63, 3.8) is 0 Å². The first-order chi connectivity index (χ1) is 23.5. The molecule has 266 valence electrons. The SMILES string of the molecule is CCC(=O)c1c(-c2ccc(C)cc2)oc2cc(N(C)S(C)(=O)=O)c([C@@H]3CCCN(C(=O)[C@H](NC(=O)OC(C)(C)C)c4ccccc4F)C3)cc12. The van der Waals surface area contributed by atoms with Crippen molar-refractivity contribution in [2.24, 2.45) is 0 Å². The van der Waals surface area contributed by atoms with Crippen LogP contribution in [0.15, 0.2) is 65.1 Å². The van der Waals surface area contributed by atoms with Gasteiger partial charge < -0.3 is 19.4 Å². The molecule has 1 saturated heterocycles. The number of hydrogen-bond donors (Lipinski definition) is 1. The van der Waals surface area contributed by atoms with Crippen LogP contribution in [0, 0.1) is 12.7 Å². The van der Waals surface area contributed by atoms with Crippen LogP contribution in [0.4, 0.5) is 14.9 Å². The molecule has 0 radical (unpaired) electrons. The molecule has 4 aromatic rings. The number of carbonyl (C=O) groups is 3. The van der Waals surface area contributed by atoms with Gasteiger partial charge in [0.2, 0.25) is 15.9 Å². The molecule has 0 saturated carbocycles. The maximum absolute atomic E-state index is 15.1. The number of fused-ring (bicyclic) bond motifs is 1. The van der Waals surface area contributed by atoms with Crippen molar-refractivity contribution >= 4 is 44.5 Å². The van der Waals surface area contributed by atoms with Crippen LogP contribution in [0.1, 0.15) is 86.0 Å². The van der Waals surface area contributed by atoms with Gasteiger partial charge in [0.1, 0.15) is 28.8 Å².